The molecule has 0 unspecified atom stereocenters. The van der Waals surface area contributed by atoms with Crippen molar-refractivity contribution in [3.8, 4) is 0 Å². The smallest absolute Gasteiger partial charge is 0.258 e. The molecule has 0 amide bonds. The van der Waals surface area contributed by atoms with Crippen molar-refractivity contribution in [3.05, 3.63) is 137 Å². The van der Waals surface area contributed by atoms with E-state index >= 15 is 0 Å². The zero-order valence-corrected chi connectivity index (χ0v) is 20.5. The highest BCUT2D eigenvalue weighted by molar-refractivity contribution is 5.59. The Balaban J connectivity index is 0.000000311. The van der Waals surface area contributed by atoms with E-state index in [1.54, 1.807) is 0 Å². The summed E-state index contributed by atoms with van der Waals surface area (Å²) in [7, 11) is 0. The Labute approximate surface area is 225 Å². The highest BCUT2D eigenvalue weighted by Crippen LogP contribution is 2.32. The van der Waals surface area contributed by atoms with Crippen LogP contribution in [-0.2, 0) is 0 Å². The molecule has 0 saturated carbocycles. The lowest BCUT2D eigenvalue weighted by molar-refractivity contribution is -0.403. The first-order valence-electron chi connectivity index (χ1n) is 10.3. The third kappa shape index (κ3) is 9.06. The standard InChI is InChI=1S/C7H5N3O6.C7H6N2O4.C6H4N2O4/c1-4-6(9(13)14)2-5(8(11)12)3-7(4)10(15)16;1-5-2-3-6(8(10)11)4-7(5)9(12)13;9-7(10)5-2-1-3-6(4-5)8(11)12/h2-3H,1H3;2-4H,1H3;1-4H. The van der Waals surface area contributed by atoms with Crippen LogP contribution in [0.5, 0.6) is 0 Å². The number of hydrogen-bond donors (Lipinski definition) is 0. The monoisotopic (exact) mass is 577 g/mol. The number of hydrogen-bond acceptors (Lipinski definition) is 14. The minimum atomic E-state index is -0.917. The number of rotatable bonds is 7. The van der Waals surface area contributed by atoms with Gasteiger partial charge < -0.3 is 0 Å². The van der Waals surface area contributed by atoms with E-state index in [0.717, 1.165) is 12.1 Å². The number of benzene rings is 3. The lowest BCUT2D eigenvalue weighted by Crippen LogP contribution is -2.00. The molecule has 41 heavy (non-hydrogen) atoms. The summed E-state index contributed by atoms with van der Waals surface area (Å²) in [5.41, 5.74) is -2.79. The molecule has 0 aliphatic heterocycles. The molecule has 0 bridgehead atoms. The maximum absolute atomic E-state index is 10.5. The molecule has 0 aliphatic carbocycles. The summed E-state index contributed by atoms with van der Waals surface area (Å²) in [6.45, 7) is 2.70. The zero-order chi connectivity index (χ0) is 31.6. The SMILES string of the molecule is Cc1c([N+](=O)[O-])cc([N+](=O)[O-])cc1[N+](=O)[O-].Cc1ccc([N+](=O)[O-])cc1[N+](=O)[O-].O=[N+]([O-])c1cccc([N+](=O)[O-])c1. The molecule has 21 nitrogen and oxygen atoms in total. The van der Waals surface area contributed by atoms with Crippen molar-refractivity contribution in [1.29, 1.82) is 0 Å². The van der Waals surface area contributed by atoms with E-state index in [9.17, 15) is 70.8 Å². The Morgan fingerprint density at radius 3 is 1.10 bits per heavy atom. The molecular weight excluding hydrogens is 562 g/mol. The molecule has 0 spiro atoms. The maximum atomic E-state index is 10.5. The number of nitro benzene ring substituents is 7. The Bertz CT molecular complexity index is 1510. The van der Waals surface area contributed by atoms with Crippen LogP contribution in [0.25, 0.3) is 0 Å². The summed E-state index contributed by atoms with van der Waals surface area (Å²) in [5.74, 6) is 0. The molecule has 0 radical (unpaired) electrons. The summed E-state index contributed by atoms with van der Waals surface area (Å²) in [6, 6.07) is 9.54. The van der Waals surface area contributed by atoms with Crippen LogP contribution in [0.2, 0.25) is 0 Å². The van der Waals surface area contributed by atoms with Gasteiger partial charge in [0.2, 0.25) is 0 Å². The zero-order valence-electron chi connectivity index (χ0n) is 20.5. The largest absolute Gasteiger partial charge is 0.286 e. The van der Waals surface area contributed by atoms with Crippen LogP contribution in [0.1, 0.15) is 11.1 Å². The molecule has 0 aliphatic rings. The molecule has 3 aromatic carbocycles. The summed E-state index contributed by atoms with van der Waals surface area (Å²) in [6.07, 6.45) is 0. The number of nitrogens with zero attached hydrogens (tertiary/aromatic N) is 7. The van der Waals surface area contributed by atoms with Crippen molar-refractivity contribution in [2.45, 2.75) is 13.8 Å². The summed E-state index contributed by atoms with van der Waals surface area (Å²) in [5, 5.41) is 72.5. The van der Waals surface area contributed by atoms with Crippen LogP contribution in [0.3, 0.4) is 0 Å². The number of non-ortho nitro benzene ring substituents is 4. The molecule has 0 heterocycles. The van der Waals surface area contributed by atoms with Gasteiger partial charge in [-0.15, -0.1) is 0 Å². The van der Waals surface area contributed by atoms with Crippen LogP contribution in [0.15, 0.2) is 54.6 Å². The fourth-order valence-electron chi connectivity index (χ4n) is 2.78. The molecule has 21 heteroatoms. The van der Waals surface area contributed by atoms with Crippen molar-refractivity contribution in [2.75, 3.05) is 0 Å². The van der Waals surface area contributed by atoms with Gasteiger partial charge in [0.15, 0.2) is 0 Å². The van der Waals surface area contributed by atoms with Gasteiger partial charge in [0, 0.05) is 23.8 Å². The number of nitro groups is 7. The van der Waals surface area contributed by atoms with E-state index in [1.807, 2.05) is 0 Å². The van der Waals surface area contributed by atoms with E-state index in [2.05, 4.69) is 0 Å². The first kappa shape index (κ1) is 32.5. The van der Waals surface area contributed by atoms with Gasteiger partial charge in [0.25, 0.3) is 39.8 Å². The fraction of sp³-hybridized carbons (Fsp3) is 0.100. The highest BCUT2D eigenvalue weighted by atomic mass is 16.7. The Kier molecular flexibility index (Phi) is 11.0. The van der Waals surface area contributed by atoms with Gasteiger partial charge in [-0.25, -0.2) is 0 Å². The van der Waals surface area contributed by atoms with Gasteiger partial charge in [-0.2, -0.15) is 0 Å². The van der Waals surface area contributed by atoms with Gasteiger partial charge in [0.05, 0.1) is 58.7 Å². The second-order valence-corrected chi connectivity index (χ2v) is 7.40. The van der Waals surface area contributed by atoms with Gasteiger partial charge in [0.1, 0.15) is 5.56 Å². The topological polar surface area (TPSA) is 302 Å². The predicted octanol–water partition coefficient (Wildman–Crippen LogP) is 5.03. The van der Waals surface area contributed by atoms with Gasteiger partial charge in [-0.3, -0.25) is 70.8 Å². The van der Waals surface area contributed by atoms with Gasteiger partial charge in [-0.05, 0) is 26.0 Å². The minimum absolute atomic E-state index is 0.208. The normalized spacial score (nSPS) is 9.61. The lowest BCUT2D eigenvalue weighted by Gasteiger charge is -1.99. The Hall–Kier alpha value is -6.54. The minimum Gasteiger partial charge on any atom is -0.258 e. The summed E-state index contributed by atoms with van der Waals surface area (Å²) < 4.78 is 0. The third-order valence-corrected chi connectivity index (χ3v) is 4.79. The van der Waals surface area contributed by atoms with E-state index in [0.29, 0.717) is 17.7 Å². The maximum Gasteiger partial charge on any atom is 0.286 e. The van der Waals surface area contributed by atoms with Gasteiger partial charge in [-0.1, -0.05) is 0 Å². The lowest BCUT2D eigenvalue weighted by atomic mass is 10.1. The molecule has 0 fully saturated rings. The molecule has 0 saturated heterocycles. The van der Waals surface area contributed by atoms with Crippen LogP contribution < -0.4 is 0 Å². The van der Waals surface area contributed by atoms with Crippen molar-refractivity contribution >= 4 is 39.8 Å². The van der Waals surface area contributed by atoms with E-state index in [1.165, 1.54) is 44.2 Å². The van der Waals surface area contributed by atoms with E-state index in [-0.39, 0.29) is 28.3 Å². The highest BCUT2D eigenvalue weighted by Gasteiger charge is 2.27. The molecule has 214 valence electrons. The second-order valence-electron chi connectivity index (χ2n) is 7.40. The number of aryl methyl sites for hydroxylation is 1. The average molecular weight is 577 g/mol. The predicted molar refractivity (Wildman–Crippen MR) is 135 cm³/mol. The van der Waals surface area contributed by atoms with E-state index < -0.39 is 51.5 Å². The first-order valence-corrected chi connectivity index (χ1v) is 10.3. The Morgan fingerprint density at radius 1 is 0.415 bits per heavy atom. The van der Waals surface area contributed by atoms with Crippen molar-refractivity contribution < 1.29 is 34.5 Å². The van der Waals surface area contributed by atoms with Gasteiger partial charge >= 0.3 is 0 Å². The molecule has 0 aromatic heterocycles. The van der Waals surface area contributed by atoms with Crippen LogP contribution in [-0.4, -0.2) is 34.5 Å². The van der Waals surface area contributed by atoms with Crippen molar-refractivity contribution in [1.82, 2.24) is 0 Å². The summed E-state index contributed by atoms with van der Waals surface area (Å²) in [4.78, 5) is 67.1. The van der Waals surface area contributed by atoms with E-state index in [4.69, 9.17) is 0 Å². The molecule has 3 rings (SSSR count). The third-order valence-electron chi connectivity index (χ3n) is 4.79. The fourth-order valence-corrected chi connectivity index (χ4v) is 2.78. The molecule has 0 atom stereocenters. The molecule has 3 aromatic rings. The van der Waals surface area contributed by atoms with Crippen LogP contribution in [0.4, 0.5) is 39.8 Å². The van der Waals surface area contributed by atoms with Crippen molar-refractivity contribution in [2.24, 2.45) is 0 Å². The Morgan fingerprint density at radius 2 is 0.756 bits per heavy atom. The molecular formula is C20H15N7O14. The quantitative estimate of drug-likeness (QED) is 0.262. The van der Waals surface area contributed by atoms with Crippen LogP contribution in [0, 0.1) is 84.6 Å². The van der Waals surface area contributed by atoms with Crippen molar-refractivity contribution in [3.63, 3.8) is 0 Å². The first-order chi connectivity index (χ1) is 19.0. The average Bonchev–Trinajstić information content (AvgIpc) is 2.89. The molecule has 0 N–H and O–H groups in total. The summed E-state index contributed by atoms with van der Waals surface area (Å²) >= 11 is 0. The second kappa shape index (κ2) is 13.8. The van der Waals surface area contributed by atoms with Crippen LogP contribution >= 0.6 is 0 Å².